The van der Waals surface area contributed by atoms with Crippen LogP contribution < -0.4 is 5.32 Å². The van der Waals surface area contributed by atoms with Crippen molar-refractivity contribution in [3.63, 3.8) is 0 Å². The number of hydrogen-bond donors (Lipinski definition) is 1. The summed E-state index contributed by atoms with van der Waals surface area (Å²) in [6, 6.07) is 1.38. The second kappa shape index (κ2) is 7.26. The van der Waals surface area contributed by atoms with E-state index in [2.05, 4.69) is 37.9 Å². The summed E-state index contributed by atoms with van der Waals surface area (Å²) >= 11 is 0. The summed E-state index contributed by atoms with van der Waals surface area (Å²) in [5.41, 5.74) is 0.447. The van der Waals surface area contributed by atoms with Crippen molar-refractivity contribution < 1.29 is 0 Å². The van der Waals surface area contributed by atoms with Crippen molar-refractivity contribution in [2.75, 3.05) is 19.6 Å². The van der Waals surface area contributed by atoms with Gasteiger partial charge in [-0.1, -0.05) is 40.0 Å². The van der Waals surface area contributed by atoms with Crippen molar-refractivity contribution in [2.24, 2.45) is 11.3 Å². The second-order valence-corrected chi connectivity index (χ2v) is 8.29. The maximum atomic E-state index is 3.98. The molecule has 3 atom stereocenters. The van der Waals surface area contributed by atoms with Crippen LogP contribution in [0, 0.1) is 11.3 Å². The lowest BCUT2D eigenvalue weighted by molar-refractivity contribution is 0.115. The largest absolute Gasteiger partial charge is 0.310 e. The minimum atomic E-state index is 0.447. The highest BCUT2D eigenvalue weighted by Gasteiger charge is 2.34. The van der Waals surface area contributed by atoms with Crippen molar-refractivity contribution in [1.29, 1.82) is 0 Å². The van der Waals surface area contributed by atoms with E-state index in [0.29, 0.717) is 11.5 Å². The summed E-state index contributed by atoms with van der Waals surface area (Å²) in [5, 5.41) is 3.98. The summed E-state index contributed by atoms with van der Waals surface area (Å²) in [6.45, 7) is 13.5. The first-order chi connectivity index (χ1) is 9.47. The van der Waals surface area contributed by atoms with Crippen molar-refractivity contribution in [2.45, 2.75) is 84.7 Å². The summed E-state index contributed by atoms with van der Waals surface area (Å²) in [7, 11) is 0. The van der Waals surface area contributed by atoms with Crippen molar-refractivity contribution >= 4 is 0 Å². The number of rotatable bonds is 4. The van der Waals surface area contributed by atoms with Crippen LogP contribution in [0.5, 0.6) is 0 Å². The molecule has 20 heavy (non-hydrogen) atoms. The van der Waals surface area contributed by atoms with E-state index in [0.717, 1.165) is 12.0 Å². The van der Waals surface area contributed by atoms with Gasteiger partial charge in [-0.15, -0.1) is 0 Å². The Hall–Kier alpha value is -0.0800. The molecule has 2 nitrogen and oxygen atoms in total. The van der Waals surface area contributed by atoms with Crippen molar-refractivity contribution in [1.82, 2.24) is 10.2 Å². The summed E-state index contributed by atoms with van der Waals surface area (Å²) in [6.07, 6.45) is 9.89. The van der Waals surface area contributed by atoms with Gasteiger partial charge in [0, 0.05) is 18.6 Å². The van der Waals surface area contributed by atoms with Gasteiger partial charge < -0.3 is 10.2 Å². The molecule has 2 heteroatoms. The summed E-state index contributed by atoms with van der Waals surface area (Å²) in [4.78, 5) is 2.66. The molecule has 0 aromatic rings. The average Bonchev–Trinajstić information content (AvgIpc) is 2.39. The predicted molar refractivity (Wildman–Crippen MR) is 88.1 cm³/mol. The van der Waals surface area contributed by atoms with Crippen LogP contribution in [-0.4, -0.2) is 36.6 Å². The van der Waals surface area contributed by atoms with Gasteiger partial charge in [-0.3, -0.25) is 0 Å². The molecule has 0 spiro atoms. The highest BCUT2D eigenvalue weighted by molar-refractivity contribution is 4.90. The fourth-order valence-electron chi connectivity index (χ4n) is 4.31. The predicted octanol–water partition coefficient (Wildman–Crippen LogP) is 4.06. The zero-order valence-corrected chi connectivity index (χ0v) is 14.3. The van der Waals surface area contributed by atoms with Crippen LogP contribution in [0.3, 0.4) is 0 Å². The lowest BCUT2D eigenvalue weighted by Crippen LogP contribution is -2.51. The van der Waals surface area contributed by atoms with E-state index >= 15 is 0 Å². The lowest BCUT2D eigenvalue weighted by atomic mass is 9.69. The number of hydrogen-bond acceptors (Lipinski definition) is 2. The first-order valence-electron chi connectivity index (χ1n) is 8.95. The molecular formula is C18H36N2. The molecule has 0 amide bonds. The molecule has 1 saturated heterocycles. The third-order valence-electron chi connectivity index (χ3n) is 5.36. The quantitative estimate of drug-likeness (QED) is 0.835. The van der Waals surface area contributed by atoms with Gasteiger partial charge in [-0.25, -0.2) is 0 Å². The van der Waals surface area contributed by atoms with Crippen molar-refractivity contribution in [3.05, 3.63) is 0 Å². The number of piperidine rings is 1. The molecular weight excluding hydrogens is 244 g/mol. The van der Waals surface area contributed by atoms with E-state index in [9.17, 15) is 0 Å². The minimum Gasteiger partial charge on any atom is -0.310 e. The summed E-state index contributed by atoms with van der Waals surface area (Å²) < 4.78 is 0. The first-order valence-corrected chi connectivity index (χ1v) is 8.95. The number of nitrogens with one attached hydrogen (secondary N) is 1. The van der Waals surface area contributed by atoms with Gasteiger partial charge >= 0.3 is 0 Å². The van der Waals surface area contributed by atoms with E-state index in [-0.39, 0.29) is 0 Å². The van der Waals surface area contributed by atoms with E-state index < -0.39 is 0 Å². The molecule has 2 fully saturated rings. The van der Waals surface area contributed by atoms with Gasteiger partial charge in [0.2, 0.25) is 0 Å². The summed E-state index contributed by atoms with van der Waals surface area (Å²) in [5.74, 6) is 0.847. The zero-order valence-electron chi connectivity index (χ0n) is 14.3. The monoisotopic (exact) mass is 280 g/mol. The molecule has 3 unspecified atom stereocenters. The van der Waals surface area contributed by atoms with Gasteiger partial charge in [0.1, 0.15) is 0 Å². The molecule has 118 valence electrons. The Morgan fingerprint density at radius 3 is 2.30 bits per heavy atom. The van der Waals surface area contributed by atoms with E-state index in [1.54, 1.807) is 0 Å². The zero-order chi connectivity index (χ0) is 14.6. The highest BCUT2D eigenvalue weighted by atomic mass is 15.2. The maximum Gasteiger partial charge on any atom is 0.0169 e. The molecule has 1 aliphatic heterocycles. The van der Waals surface area contributed by atoms with Gasteiger partial charge in [0.05, 0.1) is 0 Å². The standard InChI is InChI=1S/C18H36N2/c1-15(14-20-12-8-5-9-13-20)19-17-11-7-6-10-16(17)18(2,3)4/h15-17,19H,5-14H2,1-4H3. The Labute approximate surface area is 126 Å². The van der Waals surface area contributed by atoms with E-state index in [4.69, 9.17) is 0 Å². The number of nitrogens with zero attached hydrogens (tertiary/aromatic N) is 1. The molecule has 2 aliphatic rings. The van der Waals surface area contributed by atoms with E-state index in [1.165, 1.54) is 64.6 Å². The number of likely N-dealkylation sites (tertiary alicyclic amines) is 1. The van der Waals surface area contributed by atoms with Crippen LogP contribution in [0.1, 0.15) is 72.6 Å². The third-order valence-corrected chi connectivity index (χ3v) is 5.36. The van der Waals surface area contributed by atoms with Gasteiger partial charge in [-0.05, 0) is 57.0 Å². The molecule has 1 saturated carbocycles. The van der Waals surface area contributed by atoms with Gasteiger partial charge in [0.25, 0.3) is 0 Å². The molecule has 0 aromatic heterocycles. The Morgan fingerprint density at radius 1 is 1.00 bits per heavy atom. The molecule has 0 bridgehead atoms. The smallest absolute Gasteiger partial charge is 0.0169 e. The van der Waals surface area contributed by atoms with Crippen LogP contribution >= 0.6 is 0 Å². The molecule has 2 rings (SSSR count). The van der Waals surface area contributed by atoms with Gasteiger partial charge in [-0.2, -0.15) is 0 Å². The highest BCUT2D eigenvalue weighted by Crippen LogP contribution is 2.38. The molecule has 1 N–H and O–H groups in total. The fraction of sp³-hybridized carbons (Fsp3) is 1.00. The molecule has 0 aromatic carbocycles. The van der Waals surface area contributed by atoms with E-state index in [1.807, 2.05) is 0 Å². The third kappa shape index (κ3) is 4.73. The van der Waals surface area contributed by atoms with Crippen LogP contribution in [0.15, 0.2) is 0 Å². The van der Waals surface area contributed by atoms with Crippen LogP contribution in [0.4, 0.5) is 0 Å². The molecule has 1 heterocycles. The van der Waals surface area contributed by atoms with Crippen molar-refractivity contribution in [3.8, 4) is 0 Å². The lowest BCUT2D eigenvalue weighted by Gasteiger charge is -2.42. The Balaban J connectivity index is 1.83. The van der Waals surface area contributed by atoms with Gasteiger partial charge in [0.15, 0.2) is 0 Å². The Bertz CT molecular complexity index is 276. The first kappa shape index (κ1) is 16.3. The van der Waals surface area contributed by atoms with Crippen LogP contribution in [0.25, 0.3) is 0 Å². The minimum absolute atomic E-state index is 0.447. The molecule has 0 radical (unpaired) electrons. The maximum absolute atomic E-state index is 3.98. The Morgan fingerprint density at radius 2 is 1.65 bits per heavy atom. The average molecular weight is 280 g/mol. The Kier molecular flexibility index (Phi) is 5.92. The second-order valence-electron chi connectivity index (χ2n) is 8.29. The van der Waals surface area contributed by atoms with Crippen LogP contribution in [0.2, 0.25) is 0 Å². The fourth-order valence-corrected chi connectivity index (χ4v) is 4.31. The molecule has 1 aliphatic carbocycles. The topological polar surface area (TPSA) is 15.3 Å². The SMILES string of the molecule is CC(CN1CCCCC1)NC1CCCCC1C(C)(C)C. The van der Waals surface area contributed by atoms with Crippen LogP contribution in [-0.2, 0) is 0 Å². The normalized spacial score (nSPS) is 31.2.